The molecule has 2 rings (SSSR count). The van der Waals surface area contributed by atoms with Gasteiger partial charge >= 0.3 is 6.18 Å². The second kappa shape index (κ2) is 3.17. The van der Waals surface area contributed by atoms with E-state index in [0.29, 0.717) is 11.3 Å². The lowest BCUT2D eigenvalue weighted by atomic mass is 10.1. The van der Waals surface area contributed by atoms with Crippen LogP contribution in [0.3, 0.4) is 0 Å². The Labute approximate surface area is 89.5 Å². The third-order valence-electron chi connectivity index (χ3n) is 2.08. The minimum absolute atomic E-state index is 0.351. The first-order valence-corrected chi connectivity index (χ1v) is 4.54. The molecule has 0 aliphatic carbocycles. The van der Waals surface area contributed by atoms with E-state index in [1.54, 1.807) is 18.2 Å². The summed E-state index contributed by atoms with van der Waals surface area (Å²) in [5.41, 5.74) is 0.988. The number of hydrogen-bond donors (Lipinski definition) is 1. The molecule has 1 atom stereocenters. The zero-order valence-corrected chi connectivity index (χ0v) is 8.15. The van der Waals surface area contributed by atoms with Gasteiger partial charge in [-0.05, 0) is 17.7 Å². The van der Waals surface area contributed by atoms with Gasteiger partial charge < -0.3 is 5.32 Å². The van der Waals surface area contributed by atoms with E-state index in [1.165, 1.54) is 12.1 Å². The predicted molar refractivity (Wildman–Crippen MR) is 52.4 cm³/mol. The summed E-state index contributed by atoms with van der Waals surface area (Å²) in [6.07, 6.45) is -1.25. The Bertz CT molecular complexity index is 413. The molecule has 15 heavy (non-hydrogen) atoms. The average molecular weight is 233 g/mol. The molecule has 0 saturated heterocycles. The van der Waals surface area contributed by atoms with Gasteiger partial charge in [0.05, 0.1) is 0 Å². The highest BCUT2D eigenvalue weighted by molar-refractivity contribution is 6.27. The summed E-state index contributed by atoms with van der Waals surface area (Å²) in [5.74, 6) is 0. The maximum atomic E-state index is 12.5. The molecule has 5 heteroatoms. The average Bonchev–Trinajstić information content (AvgIpc) is 2.16. The Hall–Kier alpha value is -1.16. The summed E-state index contributed by atoms with van der Waals surface area (Å²) in [7, 11) is 0. The molecule has 79 valence electrons. The van der Waals surface area contributed by atoms with Crippen molar-refractivity contribution in [2.45, 2.75) is 11.2 Å². The zero-order valence-electron chi connectivity index (χ0n) is 7.40. The Morgan fingerprint density at radius 3 is 2.60 bits per heavy atom. The van der Waals surface area contributed by atoms with Crippen molar-refractivity contribution in [1.82, 2.24) is 0 Å². The highest BCUT2D eigenvalue weighted by Crippen LogP contribution is 2.41. The second-order valence-electron chi connectivity index (χ2n) is 3.16. The van der Waals surface area contributed by atoms with Crippen molar-refractivity contribution in [3.8, 4) is 0 Å². The lowest BCUT2D eigenvalue weighted by molar-refractivity contribution is -0.145. The first kappa shape index (κ1) is 10.4. The summed E-state index contributed by atoms with van der Waals surface area (Å²) >= 11 is 5.40. The summed E-state index contributed by atoms with van der Waals surface area (Å²) in [4.78, 5) is -2.62. The normalized spacial score (nSPS) is 24.5. The van der Waals surface area contributed by atoms with Crippen LogP contribution >= 0.6 is 11.6 Å². The lowest BCUT2D eigenvalue weighted by Crippen LogP contribution is -2.46. The number of halogens is 4. The molecule has 1 unspecified atom stereocenters. The van der Waals surface area contributed by atoms with Crippen molar-refractivity contribution < 1.29 is 13.2 Å². The SMILES string of the molecule is FC(F)(F)C1(Cl)[C]=Cc2ccccc2N1. The van der Waals surface area contributed by atoms with Crippen LogP contribution in [0.5, 0.6) is 0 Å². The van der Waals surface area contributed by atoms with Gasteiger partial charge in [-0.1, -0.05) is 29.8 Å². The van der Waals surface area contributed by atoms with E-state index >= 15 is 0 Å². The number of alkyl halides is 4. The molecule has 0 amide bonds. The summed E-state index contributed by atoms with van der Waals surface area (Å²) in [5, 5.41) is 2.21. The number of rotatable bonds is 0. The van der Waals surface area contributed by atoms with Gasteiger partial charge in [0.25, 0.3) is 0 Å². The van der Waals surface area contributed by atoms with Crippen LogP contribution in [0.15, 0.2) is 24.3 Å². The largest absolute Gasteiger partial charge is 0.430 e. The molecular weight excluding hydrogens is 227 g/mol. The number of hydrogen-bond acceptors (Lipinski definition) is 1. The van der Waals surface area contributed by atoms with E-state index in [-0.39, 0.29) is 0 Å². The maximum Gasteiger partial charge on any atom is 0.430 e. The van der Waals surface area contributed by atoms with Gasteiger partial charge in [0, 0.05) is 11.8 Å². The standard InChI is InChI=1S/C10H6ClF3N/c11-9(10(12,13)14)6-5-7-3-1-2-4-8(7)15-9/h1-5,15H. The number of nitrogens with one attached hydrogen (secondary N) is 1. The Morgan fingerprint density at radius 1 is 1.27 bits per heavy atom. The number of para-hydroxylation sites is 1. The van der Waals surface area contributed by atoms with Crippen LogP contribution in [0.4, 0.5) is 18.9 Å². The molecule has 1 aromatic carbocycles. The molecule has 1 heterocycles. The van der Waals surface area contributed by atoms with Crippen LogP contribution in [-0.2, 0) is 0 Å². The van der Waals surface area contributed by atoms with Crippen molar-refractivity contribution in [1.29, 1.82) is 0 Å². The molecule has 1 N–H and O–H groups in total. The van der Waals surface area contributed by atoms with Crippen LogP contribution < -0.4 is 5.32 Å². The van der Waals surface area contributed by atoms with E-state index < -0.39 is 11.2 Å². The molecule has 1 aliphatic heterocycles. The van der Waals surface area contributed by atoms with Gasteiger partial charge in [-0.25, -0.2) is 0 Å². The molecule has 0 saturated carbocycles. The lowest BCUT2D eigenvalue weighted by Gasteiger charge is -2.31. The minimum Gasteiger partial charge on any atom is -0.355 e. The highest BCUT2D eigenvalue weighted by atomic mass is 35.5. The molecule has 1 nitrogen and oxygen atoms in total. The minimum atomic E-state index is -4.58. The smallest absolute Gasteiger partial charge is 0.355 e. The van der Waals surface area contributed by atoms with Crippen LogP contribution in [0.25, 0.3) is 6.08 Å². The molecule has 0 bridgehead atoms. The van der Waals surface area contributed by atoms with Crippen molar-refractivity contribution in [2.24, 2.45) is 0 Å². The van der Waals surface area contributed by atoms with Crippen LogP contribution in [0.2, 0.25) is 0 Å². The third kappa shape index (κ3) is 1.69. The molecule has 1 radical (unpaired) electrons. The van der Waals surface area contributed by atoms with Crippen LogP contribution in [0.1, 0.15) is 5.56 Å². The molecule has 1 aromatic rings. The van der Waals surface area contributed by atoms with Gasteiger partial charge in [0.1, 0.15) is 0 Å². The summed E-state index contributed by atoms with van der Waals surface area (Å²) in [6, 6.07) is 6.59. The maximum absolute atomic E-state index is 12.5. The molecular formula is C10H6ClF3N. The fraction of sp³-hybridized carbons (Fsp3) is 0.200. The Morgan fingerprint density at radius 2 is 1.93 bits per heavy atom. The van der Waals surface area contributed by atoms with Gasteiger partial charge in [0.15, 0.2) is 0 Å². The van der Waals surface area contributed by atoms with Crippen molar-refractivity contribution in [3.63, 3.8) is 0 Å². The summed E-state index contributed by atoms with van der Waals surface area (Å²) < 4.78 is 37.6. The predicted octanol–water partition coefficient (Wildman–Crippen LogP) is 3.43. The highest BCUT2D eigenvalue weighted by Gasteiger charge is 2.53. The van der Waals surface area contributed by atoms with Gasteiger partial charge in [0.2, 0.25) is 5.00 Å². The topological polar surface area (TPSA) is 12.0 Å². The third-order valence-corrected chi connectivity index (χ3v) is 2.50. The quantitative estimate of drug-likeness (QED) is 0.534. The van der Waals surface area contributed by atoms with E-state index in [9.17, 15) is 13.2 Å². The van der Waals surface area contributed by atoms with E-state index in [2.05, 4.69) is 11.4 Å². The molecule has 0 aromatic heterocycles. The van der Waals surface area contributed by atoms with Gasteiger partial charge in [-0.2, -0.15) is 13.2 Å². The van der Waals surface area contributed by atoms with E-state index in [1.807, 2.05) is 0 Å². The number of benzene rings is 1. The molecule has 0 spiro atoms. The fourth-order valence-electron chi connectivity index (χ4n) is 1.29. The van der Waals surface area contributed by atoms with Crippen molar-refractivity contribution >= 4 is 23.4 Å². The summed E-state index contributed by atoms with van der Waals surface area (Å²) in [6.45, 7) is 0. The first-order chi connectivity index (χ1) is 6.92. The van der Waals surface area contributed by atoms with E-state index in [0.717, 1.165) is 0 Å². The molecule has 1 aliphatic rings. The van der Waals surface area contributed by atoms with Gasteiger partial charge in [-0.15, -0.1) is 0 Å². The van der Waals surface area contributed by atoms with Gasteiger partial charge in [-0.3, -0.25) is 0 Å². The second-order valence-corrected chi connectivity index (χ2v) is 3.72. The first-order valence-electron chi connectivity index (χ1n) is 4.16. The Kier molecular flexibility index (Phi) is 2.19. The van der Waals surface area contributed by atoms with Crippen molar-refractivity contribution in [3.05, 3.63) is 35.9 Å². The van der Waals surface area contributed by atoms with E-state index in [4.69, 9.17) is 11.6 Å². The number of fused-ring (bicyclic) bond motifs is 1. The Balaban J connectivity index is 2.42. The van der Waals surface area contributed by atoms with Crippen molar-refractivity contribution in [2.75, 3.05) is 5.32 Å². The van der Waals surface area contributed by atoms with Crippen LogP contribution in [0, 0.1) is 6.08 Å². The number of anilines is 1. The molecule has 0 fully saturated rings. The fourth-order valence-corrected chi connectivity index (χ4v) is 1.44. The monoisotopic (exact) mass is 232 g/mol. The van der Waals surface area contributed by atoms with Crippen LogP contribution in [-0.4, -0.2) is 11.2 Å². The zero-order chi connectivity index (χ0) is 11.1.